The van der Waals surface area contributed by atoms with Crippen molar-refractivity contribution in [3.63, 3.8) is 0 Å². The highest BCUT2D eigenvalue weighted by Crippen LogP contribution is 2.33. The molecule has 0 radical (unpaired) electrons. The molecule has 23 heavy (non-hydrogen) atoms. The van der Waals surface area contributed by atoms with Gasteiger partial charge in [0, 0.05) is 5.56 Å². The summed E-state index contributed by atoms with van der Waals surface area (Å²) in [6.07, 6.45) is -2.59. The van der Waals surface area contributed by atoms with Gasteiger partial charge >= 0.3 is 5.97 Å². The molecule has 0 aliphatic rings. The third-order valence-corrected chi connectivity index (χ3v) is 2.82. The number of carbonyl (C=O) groups is 1. The van der Waals surface area contributed by atoms with Gasteiger partial charge in [-0.05, 0) is 25.1 Å². The van der Waals surface area contributed by atoms with Gasteiger partial charge in [0.25, 0.3) is 6.43 Å². The number of hydrogen-bond donors (Lipinski definition) is 1. The monoisotopic (exact) mass is 327 g/mol. The largest absolute Gasteiger partial charge is 0.493 e. The Kier molecular flexibility index (Phi) is 5.45. The number of benzene rings is 1. The summed E-state index contributed by atoms with van der Waals surface area (Å²) in [6, 6.07) is 4.53. The molecule has 1 N–H and O–H groups in total. The minimum atomic E-state index is -2.59. The second kappa shape index (κ2) is 7.52. The number of carbonyl (C=O) groups excluding carboxylic acids is 1. The second-order valence-electron chi connectivity index (χ2n) is 4.31. The molecule has 1 aromatic heterocycles. The van der Waals surface area contributed by atoms with E-state index in [0.29, 0.717) is 5.56 Å². The number of esters is 1. The zero-order chi connectivity index (χ0) is 16.8. The summed E-state index contributed by atoms with van der Waals surface area (Å²) < 4.78 is 39.4. The Bertz CT molecular complexity index is 676. The lowest BCUT2D eigenvalue weighted by molar-refractivity contribution is 0.0520. The average Bonchev–Trinajstić information content (AvgIpc) is 3.02. The van der Waals surface area contributed by atoms with Crippen LogP contribution in [-0.4, -0.2) is 48.1 Å². The smallest absolute Gasteiger partial charge is 0.361 e. The Hall–Kier alpha value is -2.71. The average molecular weight is 327 g/mol. The minimum absolute atomic E-state index is 0.0233. The molecular formula is C14H15F2N3O4. The number of alkyl halides is 2. The number of halogens is 2. The molecule has 2 aromatic rings. The van der Waals surface area contributed by atoms with Gasteiger partial charge in [-0.3, -0.25) is 0 Å². The van der Waals surface area contributed by atoms with Crippen LogP contribution in [-0.2, 0) is 4.74 Å². The van der Waals surface area contributed by atoms with Crippen molar-refractivity contribution in [3.05, 3.63) is 23.9 Å². The van der Waals surface area contributed by atoms with E-state index in [1.54, 1.807) is 13.0 Å². The van der Waals surface area contributed by atoms with Crippen molar-refractivity contribution < 1.29 is 27.8 Å². The number of nitrogens with one attached hydrogen (secondary N) is 1. The van der Waals surface area contributed by atoms with Crippen LogP contribution in [0.4, 0.5) is 8.78 Å². The summed E-state index contributed by atoms with van der Waals surface area (Å²) in [6.45, 7) is 1.14. The summed E-state index contributed by atoms with van der Waals surface area (Å²) in [7, 11) is 1.38. The molecule has 7 nitrogen and oxygen atoms in total. The number of methoxy groups -OCH3 is 1. The molecule has 0 spiro atoms. The summed E-state index contributed by atoms with van der Waals surface area (Å²) in [4.78, 5) is 11.8. The number of aromatic nitrogens is 3. The van der Waals surface area contributed by atoms with E-state index in [0.717, 1.165) is 0 Å². The first-order valence-electron chi connectivity index (χ1n) is 6.74. The van der Waals surface area contributed by atoms with Gasteiger partial charge in [-0.1, -0.05) is 0 Å². The van der Waals surface area contributed by atoms with Crippen LogP contribution in [0.2, 0.25) is 0 Å². The lowest BCUT2D eigenvalue weighted by atomic mass is 10.1. The van der Waals surface area contributed by atoms with E-state index in [-0.39, 0.29) is 29.5 Å². The van der Waals surface area contributed by atoms with Crippen LogP contribution in [0.3, 0.4) is 0 Å². The highest BCUT2D eigenvalue weighted by Gasteiger charge is 2.20. The second-order valence-corrected chi connectivity index (χ2v) is 4.31. The fraction of sp³-hybridized carbons (Fsp3) is 0.357. The van der Waals surface area contributed by atoms with E-state index in [1.807, 2.05) is 0 Å². The van der Waals surface area contributed by atoms with Gasteiger partial charge in [-0.2, -0.15) is 10.3 Å². The lowest BCUT2D eigenvalue weighted by Crippen LogP contribution is -2.08. The van der Waals surface area contributed by atoms with Crippen molar-refractivity contribution in [2.45, 2.75) is 13.3 Å². The van der Waals surface area contributed by atoms with E-state index < -0.39 is 19.0 Å². The molecule has 2 rings (SSSR count). The topological polar surface area (TPSA) is 86.3 Å². The van der Waals surface area contributed by atoms with E-state index in [9.17, 15) is 13.6 Å². The van der Waals surface area contributed by atoms with Crippen LogP contribution >= 0.6 is 0 Å². The Labute approximate surface area is 130 Å². The predicted molar refractivity (Wildman–Crippen MR) is 75.8 cm³/mol. The van der Waals surface area contributed by atoms with Crippen molar-refractivity contribution in [1.29, 1.82) is 0 Å². The Morgan fingerprint density at radius 1 is 1.30 bits per heavy atom. The number of rotatable bonds is 7. The molecular weight excluding hydrogens is 312 g/mol. The van der Waals surface area contributed by atoms with Crippen molar-refractivity contribution in [3.8, 4) is 22.8 Å². The first-order valence-corrected chi connectivity index (χ1v) is 6.74. The van der Waals surface area contributed by atoms with Crippen molar-refractivity contribution in [2.24, 2.45) is 0 Å². The van der Waals surface area contributed by atoms with Gasteiger partial charge in [0.1, 0.15) is 12.3 Å². The summed E-state index contributed by atoms with van der Waals surface area (Å²) >= 11 is 0. The minimum Gasteiger partial charge on any atom is -0.493 e. The molecule has 0 aliphatic heterocycles. The van der Waals surface area contributed by atoms with E-state index in [1.165, 1.54) is 19.2 Å². The number of ether oxygens (including phenoxy) is 3. The maximum absolute atomic E-state index is 12.2. The van der Waals surface area contributed by atoms with Gasteiger partial charge < -0.3 is 14.2 Å². The summed E-state index contributed by atoms with van der Waals surface area (Å²) in [5.74, 6) is -0.216. The molecule has 0 amide bonds. The molecule has 0 aliphatic carbocycles. The highest BCUT2D eigenvalue weighted by molar-refractivity contribution is 5.94. The van der Waals surface area contributed by atoms with Crippen LogP contribution in [0, 0.1) is 0 Å². The maximum atomic E-state index is 12.2. The molecule has 1 heterocycles. The summed E-state index contributed by atoms with van der Waals surface area (Å²) in [5.41, 5.74) is 0.792. The fourth-order valence-electron chi connectivity index (χ4n) is 1.86. The molecule has 0 saturated heterocycles. The zero-order valence-electron chi connectivity index (χ0n) is 12.5. The molecule has 0 fully saturated rings. The lowest BCUT2D eigenvalue weighted by Gasteiger charge is -2.11. The third-order valence-electron chi connectivity index (χ3n) is 2.82. The van der Waals surface area contributed by atoms with Gasteiger partial charge in [0.05, 0.1) is 13.7 Å². The van der Waals surface area contributed by atoms with Crippen LogP contribution in [0.25, 0.3) is 11.3 Å². The number of hydrogen-bond acceptors (Lipinski definition) is 6. The van der Waals surface area contributed by atoms with Crippen molar-refractivity contribution in [2.75, 3.05) is 20.3 Å². The van der Waals surface area contributed by atoms with Gasteiger partial charge in [-0.25, -0.2) is 13.6 Å². The molecule has 0 unspecified atom stereocenters. The molecule has 124 valence electrons. The number of H-pyrrole nitrogens is 1. The molecule has 0 atom stereocenters. The SMILES string of the molecule is CCOC(=O)c1n[nH]nc1-c1ccc(OCC(F)F)c(OC)c1. The van der Waals surface area contributed by atoms with E-state index in [4.69, 9.17) is 14.2 Å². The summed E-state index contributed by atoms with van der Waals surface area (Å²) in [5, 5.41) is 10.0. The van der Waals surface area contributed by atoms with Crippen LogP contribution < -0.4 is 9.47 Å². The fourth-order valence-corrected chi connectivity index (χ4v) is 1.86. The molecule has 0 bridgehead atoms. The van der Waals surface area contributed by atoms with E-state index >= 15 is 0 Å². The molecule has 0 saturated carbocycles. The third kappa shape index (κ3) is 3.93. The Balaban J connectivity index is 2.31. The van der Waals surface area contributed by atoms with Gasteiger partial charge in [0.2, 0.25) is 0 Å². The number of aromatic amines is 1. The van der Waals surface area contributed by atoms with Crippen molar-refractivity contribution >= 4 is 5.97 Å². The van der Waals surface area contributed by atoms with Crippen molar-refractivity contribution in [1.82, 2.24) is 15.4 Å². The highest BCUT2D eigenvalue weighted by atomic mass is 19.3. The first-order chi connectivity index (χ1) is 11.1. The molecule has 1 aromatic carbocycles. The van der Waals surface area contributed by atoms with Crippen LogP contribution in [0.1, 0.15) is 17.4 Å². The predicted octanol–water partition coefficient (Wildman–Crippen LogP) is 2.30. The quantitative estimate of drug-likeness (QED) is 0.785. The normalized spacial score (nSPS) is 10.7. The first kappa shape index (κ1) is 16.7. The molecule has 9 heteroatoms. The number of nitrogens with zero attached hydrogens (tertiary/aromatic N) is 2. The zero-order valence-corrected chi connectivity index (χ0v) is 12.5. The van der Waals surface area contributed by atoms with Crippen LogP contribution in [0.5, 0.6) is 11.5 Å². The van der Waals surface area contributed by atoms with Gasteiger partial charge in [-0.15, -0.1) is 5.10 Å². The Morgan fingerprint density at radius 3 is 2.74 bits per heavy atom. The maximum Gasteiger partial charge on any atom is 0.361 e. The van der Waals surface area contributed by atoms with Gasteiger partial charge in [0.15, 0.2) is 17.2 Å². The standard InChI is InChI=1S/C14H15F2N3O4/c1-3-22-14(20)13-12(17-19-18-13)8-4-5-9(10(6-8)21-2)23-7-11(15)16/h4-6,11H,3,7H2,1-2H3,(H,17,18,19). The van der Waals surface area contributed by atoms with E-state index in [2.05, 4.69) is 15.4 Å². The van der Waals surface area contributed by atoms with Crippen LogP contribution in [0.15, 0.2) is 18.2 Å². The Morgan fingerprint density at radius 2 is 2.09 bits per heavy atom.